The Morgan fingerprint density at radius 2 is 1.55 bits per heavy atom. The van der Waals surface area contributed by atoms with Crippen LogP contribution in [0.5, 0.6) is 0 Å². The van der Waals surface area contributed by atoms with E-state index in [9.17, 15) is 0 Å². The summed E-state index contributed by atoms with van der Waals surface area (Å²) in [5.41, 5.74) is 5.34. The first-order valence-corrected chi connectivity index (χ1v) is 8.72. The largest absolute Gasteiger partial charge is 0.0616 e. The maximum atomic E-state index is 2.51. The number of hydrogen-bond acceptors (Lipinski definition) is 0. The van der Waals surface area contributed by atoms with Crippen molar-refractivity contribution in [1.29, 1.82) is 0 Å². The third kappa shape index (κ3) is 2.69. The van der Waals surface area contributed by atoms with Crippen molar-refractivity contribution >= 4 is 10.8 Å². The summed E-state index contributed by atoms with van der Waals surface area (Å²) >= 11 is 0. The molecule has 0 amide bonds. The van der Waals surface area contributed by atoms with Crippen LogP contribution in [-0.4, -0.2) is 0 Å². The number of aryl methyl sites for hydroxylation is 1. The lowest BCUT2D eigenvalue weighted by Crippen LogP contribution is -2.27. The summed E-state index contributed by atoms with van der Waals surface area (Å²) in [5, 5.41) is 2.96. The molecule has 0 radical (unpaired) electrons. The van der Waals surface area contributed by atoms with Crippen LogP contribution in [-0.2, 0) is 18.3 Å². The zero-order valence-electron chi connectivity index (χ0n) is 15.1. The Bertz CT molecular complexity index is 692. The zero-order chi connectivity index (χ0) is 16.1. The molecule has 0 nitrogen and oxygen atoms in total. The van der Waals surface area contributed by atoms with E-state index >= 15 is 0 Å². The fraction of sp³-hybridized carbons (Fsp3) is 0.545. The Labute approximate surface area is 135 Å². The van der Waals surface area contributed by atoms with Gasteiger partial charge in [0.2, 0.25) is 0 Å². The molecule has 3 rings (SSSR count). The van der Waals surface area contributed by atoms with Gasteiger partial charge in [0.25, 0.3) is 0 Å². The van der Waals surface area contributed by atoms with E-state index in [1.807, 2.05) is 0 Å². The molecule has 1 aliphatic carbocycles. The van der Waals surface area contributed by atoms with E-state index in [2.05, 4.69) is 71.9 Å². The Morgan fingerprint density at radius 1 is 0.909 bits per heavy atom. The quantitative estimate of drug-likeness (QED) is 0.535. The summed E-state index contributed by atoms with van der Waals surface area (Å²) in [7, 11) is 0. The Morgan fingerprint density at radius 3 is 2.14 bits per heavy atom. The number of rotatable bonds is 0. The van der Waals surface area contributed by atoms with Gasteiger partial charge < -0.3 is 0 Å². The number of benzene rings is 2. The van der Waals surface area contributed by atoms with Gasteiger partial charge in [-0.15, -0.1) is 0 Å². The van der Waals surface area contributed by atoms with Crippen LogP contribution in [0.25, 0.3) is 10.8 Å². The maximum Gasteiger partial charge on any atom is -0.0126 e. The van der Waals surface area contributed by atoms with Crippen molar-refractivity contribution < 1.29 is 0 Å². The van der Waals surface area contributed by atoms with Crippen molar-refractivity contribution in [2.45, 2.75) is 66.2 Å². The highest BCUT2D eigenvalue weighted by Gasteiger charge is 2.30. The standard InChI is InChI=1S/C22H30/c1-21(2,3)16-12-11-15-13-20(22(4,5)6)18-10-8-7-9-17(18)19(15)14-16/h7-10,13,16H,11-12,14H2,1-6H3. The molecule has 2 aromatic carbocycles. The molecule has 0 saturated heterocycles. The summed E-state index contributed by atoms with van der Waals surface area (Å²) in [4.78, 5) is 0. The minimum absolute atomic E-state index is 0.204. The molecule has 22 heavy (non-hydrogen) atoms. The Hall–Kier alpha value is -1.30. The van der Waals surface area contributed by atoms with Crippen LogP contribution in [0.2, 0.25) is 0 Å². The smallest absolute Gasteiger partial charge is 0.0126 e. The predicted molar refractivity (Wildman–Crippen MR) is 97.6 cm³/mol. The van der Waals surface area contributed by atoms with Gasteiger partial charge in [0.05, 0.1) is 0 Å². The number of fused-ring (bicyclic) bond motifs is 3. The molecule has 118 valence electrons. The first-order valence-electron chi connectivity index (χ1n) is 8.72. The fourth-order valence-electron chi connectivity index (χ4n) is 4.00. The maximum absolute atomic E-state index is 2.51. The van der Waals surface area contributed by atoms with Gasteiger partial charge in [-0.3, -0.25) is 0 Å². The molecule has 1 unspecified atom stereocenters. The molecule has 0 aromatic heterocycles. The van der Waals surface area contributed by atoms with E-state index in [4.69, 9.17) is 0 Å². The highest BCUT2D eigenvalue weighted by atomic mass is 14.4. The van der Waals surface area contributed by atoms with Gasteiger partial charge in [-0.25, -0.2) is 0 Å². The van der Waals surface area contributed by atoms with Crippen LogP contribution in [0.1, 0.15) is 64.7 Å². The molecule has 0 heteroatoms. The number of hydrogen-bond donors (Lipinski definition) is 0. The average molecular weight is 294 g/mol. The Kier molecular flexibility index (Phi) is 3.62. The first kappa shape index (κ1) is 15.6. The minimum atomic E-state index is 0.204. The molecule has 0 saturated carbocycles. The Balaban J connectivity index is 2.21. The van der Waals surface area contributed by atoms with Crippen LogP contribution >= 0.6 is 0 Å². The topological polar surface area (TPSA) is 0 Å². The predicted octanol–water partition coefficient (Wildman–Crippen LogP) is 6.29. The van der Waals surface area contributed by atoms with Crippen LogP contribution in [0.3, 0.4) is 0 Å². The molecule has 0 spiro atoms. The van der Waals surface area contributed by atoms with Crippen molar-refractivity contribution in [3.8, 4) is 0 Å². The van der Waals surface area contributed by atoms with Crippen molar-refractivity contribution in [3.63, 3.8) is 0 Å². The molecule has 1 aliphatic rings. The molecular weight excluding hydrogens is 264 g/mol. The van der Waals surface area contributed by atoms with Gasteiger partial charge in [0.1, 0.15) is 0 Å². The first-order chi connectivity index (χ1) is 10.2. The van der Waals surface area contributed by atoms with Gasteiger partial charge in [-0.1, -0.05) is 71.9 Å². The van der Waals surface area contributed by atoms with Crippen LogP contribution in [0.4, 0.5) is 0 Å². The molecular formula is C22H30. The van der Waals surface area contributed by atoms with Crippen molar-refractivity contribution in [3.05, 3.63) is 47.0 Å². The molecule has 1 atom stereocenters. The summed E-state index contributed by atoms with van der Waals surface area (Å²) in [6.45, 7) is 14.2. The molecule has 2 aromatic rings. The van der Waals surface area contributed by atoms with E-state index in [1.54, 1.807) is 11.1 Å². The van der Waals surface area contributed by atoms with E-state index in [1.165, 1.54) is 35.6 Å². The third-order valence-electron chi connectivity index (χ3n) is 5.49. The summed E-state index contributed by atoms with van der Waals surface area (Å²) in [6.07, 6.45) is 3.81. The van der Waals surface area contributed by atoms with Crippen LogP contribution in [0.15, 0.2) is 30.3 Å². The summed E-state index contributed by atoms with van der Waals surface area (Å²) in [6, 6.07) is 11.6. The lowest BCUT2D eigenvalue weighted by atomic mass is 9.68. The third-order valence-corrected chi connectivity index (χ3v) is 5.49. The SMILES string of the molecule is CC(C)(C)c1cc2c(c3ccccc13)CC(C(C)(C)C)CC2. The second-order valence-corrected chi connectivity index (χ2v) is 9.16. The van der Waals surface area contributed by atoms with E-state index in [-0.39, 0.29) is 5.41 Å². The highest BCUT2D eigenvalue weighted by molar-refractivity contribution is 5.90. The van der Waals surface area contributed by atoms with Crippen molar-refractivity contribution in [2.75, 3.05) is 0 Å². The lowest BCUT2D eigenvalue weighted by molar-refractivity contribution is 0.216. The van der Waals surface area contributed by atoms with Crippen LogP contribution in [0, 0.1) is 11.3 Å². The normalized spacial score (nSPS) is 19.3. The molecule has 0 aliphatic heterocycles. The van der Waals surface area contributed by atoms with E-state index < -0.39 is 0 Å². The molecule has 0 bridgehead atoms. The van der Waals surface area contributed by atoms with Crippen LogP contribution < -0.4 is 0 Å². The molecule has 0 N–H and O–H groups in total. The van der Waals surface area contributed by atoms with Gasteiger partial charge >= 0.3 is 0 Å². The van der Waals surface area contributed by atoms with Gasteiger partial charge in [0, 0.05) is 0 Å². The monoisotopic (exact) mass is 294 g/mol. The van der Waals surface area contributed by atoms with Crippen molar-refractivity contribution in [1.82, 2.24) is 0 Å². The molecule has 0 fully saturated rings. The second-order valence-electron chi connectivity index (χ2n) is 9.16. The fourth-order valence-corrected chi connectivity index (χ4v) is 4.00. The van der Waals surface area contributed by atoms with Crippen molar-refractivity contribution in [2.24, 2.45) is 11.3 Å². The zero-order valence-corrected chi connectivity index (χ0v) is 15.1. The highest BCUT2D eigenvalue weighted by Crippen LogP contribution is 2.42. The van der Waals surface area contributed by atoms with Gasteiger partial charge in [-0.2, -0.15) is 0 Å². The van der Waals surface area contributed by atoms with Gasteiger partial charge in [-0.05, 0) is 63.5 Å². The van der Waals surface area contributed by atoms with E-state index in [0.29, 0.717) is 5.41 Å². The lowest BCUT2D eigenvalue weighted by Gasteiger charge is -2.36. The van der Waals surface area contributed by atoms with E-state index in [0.717, 1.165) is 5.92 Å². The summed E-state index contributed by atoms with van der Waals surface area (Å²) < 4.78 is 0. The minimum Gasteiger partial charge on any atom is -0.0616 e. The molecule has 0 heterocycles. The summed E-state index contributed by atoms with van der Waals surface area (Å²) in [5.74, 6) is 0.795. The average Bonchev–Trinajstić information content (AvgIpc) is 2.44. The second kappa shape index (κ2) is 5.11. The van der Waals surface area contributed by atoms with Gasteiger partial charge in [0.15, 0.2) is 0 Å².